The second-order valence-corrected chi connectivity index (χ2v) is 5.29. The second-order valence-electron chi connectivity index (χ2n) is 4.17. The molecule has 4 nitrogen and oxygen atoms in total. The van der Waals surface area contributed by atoms with E-state index < -0.39 is 0 Å². The van der Waals surface area contributed by atoms with Crippen LogP contribution in [0.15, 0.2) is 16.2 Å². The molecule has 0 fully saturated rings. The quantitative estimate of drug-likeness (QED) is 0.219. The number of hydrogen-bond donors (Lipinski definition) is 3. The Balaban J connectivity index is 3.71. The molecule has 0 aliphatic carbocycles. The number of nitrogens with one attached hydrogen (secondary N) is 1. The largest absolute Gasteiger partial charge is 0.409 e. The second kappa shape index (κ2) is 6.85. The molecule has 0 aromatic heterocycles. The van der Waals surface area contributed by atoms with Crippen LogP contribution in [0, 0.1) is 5.41 Å². The van der Waals surface area contributed by atoms with Gasteiger partial charge in [-0.3, -0.25) is 0 Å². The van der Waals surface area contributed by atoms with Gasteiger partial charge >= 0.3 is 0 Å². The zero-order chi connectivity index (χ0) is 11.9. The predicted octanol–water partition coefficient (Wildman–Crippen LogP) is 2.04. The SMILES string of the molecule is C=C(Br)CNCCCC(C)(C)C(N)=NO. The van der Waals surface area contributed by atoms with Gasteiger partial charge in [-0.1, -0.05) is 41.5 Å². The van der Waals surface area contributed by atoms with E-state index in [1.165, 1.54) is 0 Å². The van der Waals surface area contributed by atoms with Crippen molar-refractivity contribution in [2.45, 2.75) is 26.7 Å². The Morgan fingerprint density at radius 3 is 2.67 bits per heavy atom. The lowest BCUT2D eigenvalue weighted by Gasteiger charge is -2.22. The van der Waals surface area contributed by atoms with Crippen LogP contribution in [0.1, 0.15) is 26.7 Å². The van der Waals surface area contributed by atoms with Crippen molar-refractivity contribution in [3.63, 3.8) is 0 Å². The molecular weight excluding hydrogens is 258 g/mol. The van der Waals surface area contributed by atoms with E-state index in [0.29, 0.717) is 0 Å². The number of halogens is 1. The minimum Gasteiger partial charge on any atom is -0.409 e. The van der Waals surface area contributed by atoms with Crippen LogP contribution in [0.3, 0.4) is 0 Å². The van der Waals surface area contributed by atoms with Crippen molar-refractivity contribution >= 4 is 21.8 Å². The van der Waals surface area contributed by atoms with E-state index >= 15 is 0 Å². The van der Waals surface area contributed by atoms with Crippen molar-refractivity contribution < 1.29 is 5.21 Å². The Kier molecular flexibility index (Phi) is 6.60. The van der Waals surface area contributed by atoms with Crippen molar-refractivity contribution in [1.29, 1.82) is 0 Å². The summed E-state index contributed by atoms with van der Waals surface area (Å²) in [5.74, 6) is 0.285. The molecule has 0 rings (SSSR count). The van der Waals surface area contributed by atoms with Crippen LogP contribution in [-0.4, -0.2) is 24.1 Å². The lowest BCUT2D eigenvalue weighted by Crippen LogP contribution is -2.32. The first-order valence-corrected chi connectivity index (χ1v) is 5.71. The zero-order valence-electron chi connectivity index (χ0n) is 9.39. The molecule has 0 saturated carbocycles. The number of hydrogen-bond acceptors (Lipinski definition) is 3. The fourth-order valence-corrected chi connectivity index (χ4v) is 1.34. The molecule has 0 aromatic carbocycles. The van der Waals surface area contributed by atoms with E-state index in [2.05, 4.69) is 33.0 Å². The van der Waals surface area contributed by atoms with Gasteiger partial charge in [0.05, 0.1) is 0 Å². The Morgan fingerprint density at radius 1 is 1.60 bits per heavy atom. The summed E-state index contributed by atoms with van der Waals surface area (Å²) in [5.41, 5.74) is 5.32. The molecular formula is C10H20BrN3O. The molecule has 0 heterocycles. The summed E-state index contributed by atoms with van der Waals surface area (Å²) in [4.78, 5) is 0. The molecule has 15 heavy (non-hydrogen) atoms. The average Bonchev–Trinajstić information content (AvgIpc) is 2.15. The van der Waals surface area contributed by atoms with Gasteiger partial charge in [0.15, 0.2) is 0 Å². The minimum atomic E-state index is -0.248. The number of oxime groups is 1. The molecule has 0 spiro atoms. The van der Waals surface area contributed by atoms with Gasteiger partial charge in [-0.05, 0) is 19.4 Å². The smallest absolute Gasteiger partial charge is 0.144 e. The normalized spacial score (nSPS) is 12.9. The van der Waals surface area contributed by atoms with E-state index in [1.807, 2.05) is 13.8 Å². The molecule has 0 saturated heterocycles. The van der Waals surface area contributed by atoms with E-state index in [9.17, 15) is 0 Å². The van der Waals surface area contributed by atoms with Crippen LogP contribution < -0.4 is 11.1 Å². The fourth-order valence-electron chi connectivity index (χ4n) is 1.14. The van der Waals surface area contributed by atoms with Crippen LogP contribution in [0.4, 0.5) is 0 Å². The van der Waals surface area contributed by atoms with Gasteiger partial charge in [-0.2, -0.15) is 0 Å². The lowest BCUT2D eigenvalue weighted by molar-refractivity contribution is 0.304. The molecule has 4 N–H and O–H groups in total. The third-order valence-corrected chi connectivity index (χ3v) is 2.55. The van der Waals surface area contributed by atoms with Crippen molar-refractivity contribution in [3.8, 4) is 0 Å². The maximum Gasteiger partial charge on any atom is 0.144 e. The van der Waals surface area contributed by atoms with E-state index in [-0.39, 0.29) is 11.3 Å². The highest BCUT2D eigenvalue weighted by Crippen LogP contribution is 2.21. The summed E-state index contributed by atoms with van der Waals surface area (Å²) >= 11 is 3.27. The maximum absolute atomic E-state index is 8.58. The maximum atomic E-state index is 8.58. The first kappa shape index (κ1) is 14.5. The van der Waals surface area contributed by atoms with Gasteiger partial charge in [0, 0.05) is 16.4 Å². The van der Waals surface area contributed by atoms with Crippen molar-refractivity contribution in [1.82, 2.24) is 5.32 Å². The zero-order valence-corrected chi connectivity index (χ0v) is 11.0. The molecule has 0 atom stereocenters. The number of nitrogens with zero attached hydrogens (tertiary/aromatic N) is 1. The Bertz CT molecular complexity index is 239. The molecule has 0 amide bonds. The van der Waals surface area contributed by atoms with Gasteiger partial charge in [0.25, 0.3) is 0 Å². The fraction of sp³-hybridized carbons (Fsp3) is 0.700. The summed E-state index contributed by atoms with van der Waals surface area (Å²) in [7, 11) is 0. The summed E-state index contributed by atoms with van der Waals surface area (Å²) in [5, 5.41) is 14.8. The summed E-state index contributed by atoms with van der Waals surface area (Å²) < 4.78 is 0.943. The summed E-state index contributed by atoms with van der Waals surface area (Å²) in [6.07, 6.45) is 1.86. The van der Waals surface area contributed by atoms with Gasteiger partial charge in [-0.15, -0.1) is 0 Å². The molecule has 88 valence electrons. The summed E-state index contributed by atoms with van der Waals surface area (Å²) in [6.45, 7) is 9.32. The molecule has 0 aliphatic heterocycles. The van der Waals surface area contributed by atoms with Crippen molar-refractivity contribution in [2.75, 3.05) is 13.1 Å². The van der Waals surface area contributed by atoms with Gasteiger partial charge in [0.2, 0.25) is 0 Å². The molecule has 0 radical (unpaired) electrons. The highest BCUT2D eigenvalue weighted by Gasteiger charge is 2.22. The third kappa shape index (κ3) is 6.52. The number of rotatable bonds is 7. The van der Waals surface area contributed by atoms with Gasteiger partial charge in [-0.25, -0.2) is 0 Å². The predicted molar refractivity (Wildman–Crippen MR) is 67.4 cm³/mol. The Hall–Kier alpha value is -0.550. The standard InChI is InChI=1S/C10H20BrN3O/c1-8(11)7-13-6-4-5-10(2,3)9(12)14-15/h13,15H,1,4-7H2,2-3H3,(H2,12,14). The van der Waals surface area contributed by atoms with E-state index in [0.717, 1.165) is 30.4 Å². The van der Waals surface area contributed by atoms with Gasteiger partial charge < -0.3 is 16.3 Å². The van der Waals surface area contributed by atoms with E-state index in [1.54, 1.807) is 0 Å². The topological polar surface area (TPSA) is 70.6 Å². The first-order chi connectivity index (χ1) is 6.90. The van der Waals surface area contributed by atoms with Crippen molar-refractivity contribution in [2.24, 2.45) is 16.3 Å². The molecule has 0 aromatic rings. The number of amidine groups is 1. The van der Waals surface area contributed by atoms with Crippen LogP contribution in [0.25, 0.3) is 0 Å². The highest BCUT2D eigenvalue weighted by molar-refractivity contribution is 9.11. The Morgan fingerprint density at radius 2 is 2.20 bits per heavy atom. The molecule has 0 bridgehead atoms. The van der Waals surface area contributed by atoms with Crippen molar-refractivity contribution in [3.05, 3.63) is 11.1 Å². The van der Waals surface area contributed by atoms with Crippen LogP contribution in [0.2, 0.25) is 0 Å². The molecule has 0 unspecified atom stereocenters. The molecule has 5 heteroatoms. The minimum absolute atomic E-state index is 0.248. The highest BCUT2D eigenvalue weighted by atomic mass is 79.9. The third-order valence-electron chi connectivity index (χ3n) is 2.27. The number of nitrogens with two attached hydrogens (primary N) is 1. The lowest BCUT2D eigenvalue weighted by atomic mass is 9.86. The van der Waals surface area contributed by atoms with Gasteiger partial charge in [0.1, 0.15) is 5.84 Å². The van der Waals surface area contributed by atoms with E-state index in [4.69, 9.17) is 10.9 Å². The monoisotopic (exact) mass is 277 g/mol. The van der Waals surface area contributed by atoms with Crippen LogP contribution in [-0.2, 0) is 0 Å². The Labute approximate surface area is 99.7 Å². The molecule has 0 aliphatic rings. The summed E-state index contributed by atoms with van der Waals surface area (Å²) in [6, 6.07) is 0. The van der Waals surface area contributed by atoms with Crippen LogP contribution >= 0.6 is 15.9 Å². The first-order valence-electron chi connectivity index (χ1n) is 4.92. The average molecular weight is 278 g/mol. The van der Waals surface area contributed by atoms with Crippen LogP contribution in [0.5, 0.6) is 0 Å².